The van der Waals surface area contributed by atoms with Gasteiger partial charge < -0.3 is 10.2 Å². The Hall–Kier alpha value is -0.730. The molecule has 2 aliphatic carbocycles. The molecule has 0 aromatic rings. The normalized spacial score (nSPS) is 27.9. The lowest BCUT2D eigenvalue weighted by Crippen LogP contribution is -2.41. The van der Waals surface area contributed by atoms with Gasteiger partial charge in [0, 0.05) is 19.6 Å². The molecule has 3 fully saturated rings. The number of amides is 2. The number of hydrogen-bond donors (Lipinski definition) is 1. The summed E-state index contributed by atoms with van der Waals surface area (Å²) in [7, 11) is 0. The van der Waals surface area contributed by atoms with Crippen LogP contribution in [0.1, 0.15) is 38.5 Å². The lowest BCUT2D eigenvalue weighted by atomic mass is 10.0. The van der Waals surface area contributed by atoms with Crippen molar-refractivity contribution in [1.29, 1.82) is 0 Å². The van der Waals surface area contributed by atoms with Crippen LogP contribution in [-0.4, -0.2) is 30.6 Å². The second kappa shape index (κ2) is 3.39. The Balaban J connectivity index is 1.47. The maximum absolute atomic E-state index is 11.8. The second-order valence-corrected chi connectivity index (χ2v) is 5.49. The highest BCUT2D eigenvalue weighted by molar-refractivity contribution is 5.74. The minimum Gasteiger partial charge on any atom is -0.337 e. The average molecular weight is 208 g/mol. The molecule has 0 aromatic carbocycles. The van der Waals surface area contributed by atoms with Crippen LogP contribution < -0.4 is 5.32 Å². The first-order chi connectivity index (χ1) is 7.30. The molecule has 15 heavy (non-hydrogen) atoms. The third kappa shape index (κ3) is 1.84. The van der Waals surface area contributed by atoms with E-state index in [1.54, 1.807) is 0 Å². The van der Waals surface area contributed by atoms with Crippen molar-refractivity contribution in [2.75, 3.05) is 19.6 Å². The molecule has 1 aliphatic heterocycles. The molecule has 3 aliphatic rings. The Morgan fingerprint density at radius 3 is 2.47 bits per heavy atom. The van der Waals surface area contributed by atoms with E-state index in [0.29, 0.717) is 5.41 Å². The summed E-state index contributed by atoms with van der Waals surface area (Å²) in [6.07, 6.45) is 7.86. The van der Waals surface area contributed by atoms with E-state index >= 15 is 0 Å². The fraction of sp³-hybridized carbons (Fsp3) is 0.917. The molecular formula is C12H20N2O. The number of nitrogens with zero attached hydrogens (tertiary/aromatic N) is 1. The molecule has 1 saturated heterocycles. The van der Waals surface area contributed by atoms with Crippen molar-refractivity contribution in [2.24, 2.45) is 11.3 Å². The molecule has 2 saturated carbocycles. The second-order valence-electron chi connectivity index (χ2n) is 5.49. The highest BCUT2D eigenvalue weighted by Crippen LogP contribution is 2.60. The van der Waals surface area contributed by atoms with Crippen LogP contribution in [0.4, 0.5) is 4.79 Å². The van der Waals surface area contributed by atoms with Gasteiger partial charge in [0.05, 0.1) is 0 Å². The standard InChI is InChI=1S/C12H20N2O/c15-11(14-7-1-2-8-14)13-9-12(5-6-12)10-3-4-10/h10H,1-9H2,(H,13,15). The Kier molecular flexibility index (Phi) is 2.15. The molecule has 1 heterocycles. The van der Waals surface area contributed by atoms with Crippen LogP contribution in [-0.2, 0) is 0 Å². The third-order valence-electron chi connectivity index (χ3n) is 4.32. The van der Waals surface area contributed by atoms with E-state index in [1.807, 2.05) is 4.90 Å². The monoisotopic (exact) mass is 208 g/mol. The zero-order valence-electron chi connectivity index (χ0n) is 9.30. The summed E-state index contributed by atoms with van der Waals surface area (Å²) >= 11 is 0. The van der Waals surface area contributed by atoms with Gasteiger partial charge in [-0.25, -0.2) is 4.79 Å². The number of urea groups is 1. The SMILES string of the molecule is O=C(NCC1(C2CC2)CC1)N1CCCC1. The van der Waals surface area contributed by atoms with Crippen molar-refractivity contribution in [3.8, 4) is 0 Å². The molecule has 84 valence electrons. The van der Waals surface area contributed by atoms with E-state index in [-0.39, 0.29) is 6.03 Å². The quantitative estimate of drug-likeness (QED) is 0.755. The first-order valence-corrected chi connectivity index (χ1v) is 6.33. The van der Waals surface area contributed by atoms with Gasteiger partial charge in [-0.15, -0.1) is 0 Å². The van der Waals surface area contributed by atoms with Crippen LogP contribution in [0.2, 0.25) is 0 Å². The number of carbonyl (C=O) groups excluding carboxylic acids is 1. The molecule has 3 nitrogen and oxygen atoms in total. The lowest BCUT2D eigenvalue weighted by molar-refractivity contribution is 0.205. The van der Waals surface area contributed by atoms with Crippen LogP contribution in [0.5, 0.6) is 0 Å². The first-order valence-electron chi connectivity index (χ1n) is 6.33. The third-order valence-corrected chi connectivity index (χ3v) is 4.32. The van der Waals surface area contributed by atoms with Crippen molar-refractivity contribution in [3.63, 3.8) is 0 Å². The van der Waals surface area contributed by atoms with Gasteiger partial charge in [-0.2, -0.15) is 0 Å². The van der Waals surface area contributed by atoms with E-state index in [1.165, 1.54) is 38.5 Å². The average Bonchev–Trinajstić information content (AvgIpc) is 3.14. The van der Waals surface area contributed by atoms with Crippen LogP contribution in [0, 0.1) is 11.3 Å². The number of hydrogen-bond acceptors (Lipinski definition) is 1. The number of nitrogens with one attached hydrogen (secondary N) is 1. The zero-order valence-corrected chi connectivity index (χ0v) is 9.30. The highest BCUT2D eigenvalue weighted by Gasteiger charge is 2.53. The van der Waals surface area contributed by atoms with Crippen LogP contribution in [0.25, 0.3) is 0 Å². The largest absolute Gasteiger partial charge is 0.337 e. The van der Waals surface area contributed by atoms with Crippen molar-refractivity contribution >= 4 is 6.03 Å². The maximum atomic E-state index is 11.8. The first kappa shape index (κ1) is 9.49. The van der Waals surface area contributed by atoms with E-state index in [0.717, 1.165) is 25.6 Å². The Bertz CT molecular complexity index is 263. The summed E-state index contributed by atoms with van der Waals surface area (Å²) < 4.78 is 0. The molecule has 0 aromatic heterocycles. The summed E-state index contributed by atoms with van der Waals surface area (Å²) in [4.78, 5) is 13.7. The van der Waals surface area contributed by atoms with Crippen molar-refractivity contribution in [1.82, 2.24) is 10.2 Å². The topological polar surface area (TPSA) is 32.3 Å². The fourth-order valence-electron chi connectivity index (χ4n) is 2.87. The van der Waals surface area contributed by atoms with Gasteiger partial charge in [-0.05, 0) is 49.9 Å². The van der Waals surface area contributed by atoms with Gasteiger partial charge in [-0.1, -0.05) is 0 Å². The molecule has 3 heteroatoms. The molecule has 0 radical (unpaired) electrons. The Labute approximate surface area is 91.2 Å². The van der Waals surface area contributed by atoms with Crippen LogP contribution in [0.3, 0.4) is 0 Å². The smallest absolute Gasteiger partial charge is 0.317 e. The summed E-state index contributed by atoms with van der Waals surface area (Å²) in [6, 6.07) is 0.180. The predicted molar refractivity (Wildman–Crippen MR) is 58.6 cm³/mol. The van der Waals surface area contributed by atoms with Gasteiger partial charge in [0.15, 0.2) is 0 Å². The molecule has 3 rings (SSSR count). The lowest BCUT2D eigenvalue weighted by Gasteiger charge is -2.20. The minimum atomic E-state index is 0.180. The molecule has 0 bridgehead atoms. The fourth-order valence-corrected chi connectivity index (χ4v) is 2.87. The Morgan fingerprint density at radius 2 is 1.93 bits per heavy atom. The van der Waals surface area contributed by atoms with E-state index < -0.39 is 0 Å². The number of carbonyl (C=O) groups is 1. The highest BCUT2D eigenvalue weighted by atomic mass is 16.2. The number of rotatable bonds is 3. The zero-order chi connectivity index (χ0) is 10.3. The molecular weight excluding hydrogens is 188 g/mol. The van der Waals surface area contributed by atoms with E-state index in [4.69, 9.17) is 0 Å². The molecule has 1 N–H and O–H groups in total. The molecule has 0 atom stereocenters. The summed E-state index contributed by atoms with van der Waals surface area (Å²) in [5.74, 6) is 0.941. The van der Waals surface area contributed by atoms with Gasteiger partial charge in [-0.3, -0.25) is 0 Å². The van der Waals surface area contributed by atoms with Gasteiger partial charge in [0.2, 0.25) is 0 Å². The van der Waals surface area contributed by atoms with Crippen molar-refractivity contribution in [3.05, 3.63) is 0 Å². The molecule has 0 unspecified atom stereocenters. The van der Waals surface area contributed by atoms with Crippen molar-refractivity contribution < 1.29 is 4.79 Å². The maximum Gasteiger partial charge on any atom is 0.317 e. The summed E-state index contributed by atoms with van der Waals surface area (Å²) in [6.45, 7) is 2.86. The molecule has 2 amide bonds. The molecule has 0 spiro atoms. The predicted octanol–water partition coefficient (Wildman–Crippen LogP) is 1.98. The van der Waals surface area contributed by atoms with Gasteiger partial charge >= 0.3 is 6.03 Å². The van der Waals surface area contributed by atoms with E-state index in [9.17, 15) is 4.79 Å². The number of likely N-dealkylation sites (tertiary alicyclic amines) is 1. The van der Waals surface area contributed by atoms with Gasteiger partial charge in [0.1, 0.15) is 0 Å². The van der Waals surface area contributed by atoms with Crippen LogP contribution >= 0.6 is 0 Å². The van der Waals surface area contributed by atoms with Gasteiger partial charge in [0.25, 0.3) is 0 Å². The summed E-state index contributed by atoms with van der Waals surface area (Å²) in [5.41, 5.74) is 0.537. The van der Waals surface area contributed by atoms with E-state index in [2.05, 4.69) is 5.32 Å². The van der Waals surface area contributed by atoms with Crippen molar-refractivity contribution in [2.45, 2.75) is 38.5 Å². The minimum absolute atomic E-state index is 0.180. The van der Waals surface area contributed by atoms with Crippen LogP contribution in [0.15, 0.2) is 0 Å². The summed E-state index contributed by atoms with van der Waals surface area (Å²) in [5, 5.41) is 3.14. The Morgan fingerprint density at radius 1 is 1.27 bits per heavy atom.